The van der Waals surface area contributed by atoms with Gasteiger partial charge >= 0.3 is 11.9 Å². The van der Waals surface area contributed by atoms with Crippen molar-refractivity contribution in [3.8, 4) is 0 Å². The number of carbonyl (C=O) groups is 3. The summed E-state index contributed by atoms with van der Waals surface area (Å²) in [5.74, 6) is -1.08. The number of hydrogen-bond donors (Lipinski definition) is 0. The van der Waals surface area contributed by atoms with E-state index in [0.29, 0.717) is 11.1 Å². The molecular weight excluding hydrogens is 284 g/mol. The molecule has 1 saturated carbocycles. The minimum absolute atomic E-state index is 0.116. The summed E-state index contributed by atoms with van der Waals surface area (Å²) >= 11 is 0. The Kier molecular flexibility index (Phi) is 4.64. The van der Waals surface area contributed by atoms with E-state index in [-0.39, 0.29) is 18.1 Å². The second-order valence-corrected chi connectivity index (χ2v) is 5.46. The highest BCUT2D eigenvalue weighted by molar-refractivity contribution is 6.06. The van der Waals surface area contributed by atoms with Crippen LogP contribution in [0.5, 0.6) is 0 Å². The summed E-state index contributed by atoms with van der Waals surface area (Å²) in [7, 11) is 2.47. The standard InChI is InChI=1S/C17H20O5/c1-4-17(15(19)21-2,16(20)22-3)13-9-7-12(8-10-13)14(18)11-5-6-11/h7-11H,4-6H2,1-3H3. The van der Waals surface area contributed by atoms with Crippen LogP contribution in [-0.4, -0.2) is 31.9 Å². The minimum Gasteiger partial charge on any atom is -0.468 e. The number of benzene rings is 1. The molecule has 22 heavy (non-hydrogen) atoms. The van der Waals surface area contributed by atoms with Crippen LogP contribution in [0, 0.1) is 5.92 Å². The number of ketones is 1. The van der Waals surface area contributed by atoms with Gasteiger partial charge in [0.15, 0.2) is 11.2 Å². The summed E-state index contributed by atoms with van der Waals surface area (Å²) in [6, 6.07) is 6.58. The van der Waals surface area contributed by atoms with Crippen LogP contribution in [-0.2, 0) is 24.5 Å². The van der Waals surface area contributed by atoms with Gasteiger partial charge in [-0.15, -0.1) is 0 Å². The molecule has 0 spiro atoms. The maximum atomic E-state index is 12.2. The Labute approximate surface area is 129 Å². The predicted octanol–water partition coefficient (Wildman–Crippen LogP) is 2.27. The van der Waals surface area contributed by atoms with Crippen molar-refractivity contribution in [1.82, 2.24) is 0 Å². The van der Waals surface area contributed by atoms with Gasteiger partial charge in [0, 0.05) is 11.5 Å². The molecule has 0 N–H and O–H groups in total. The Bertz CT molecular complexity index is 568. The lowest BCUT2D eigenvalue weighted by atomic mass is 9.77. The van der Waals surface area contributed by atoms with E-state index in [1.165, 1.54) is 14.2 Å². The highest BCUT2D eigenvalue weighted by Crippen LogP contribution is 2.34. The van der Waals surface area contributed by atoms with Crippen molar-refractivity contribution >= 4 is 17.7 Å². The number of methoxy groups -OCH3 is 2. The molecule has 5 nitrogen and oxygen atoms in total. The zero-order chi connectivity index (χ0) is 16.3. The van der Waals surface area contributed by atoms with Gasteiger partial charge in [0.25, 0.3) is 0 Å². The monoisotopic (exact) mass is 304 g/mol. The van der Waals surface area contributed by atoms with Crippen molar-refractivity contribution < 1.29 is 23.9 Å². The van der Waals surface area contributed by atoms with Crippen molar-refractivity contribution in [2.75, 3.05) is 14.2 Å². The largest absolute Gasteiger partial charge is 0.468 e. The first-order chi connectivity index (χ1) is 10.5. The first kappa shape index (κ1) is 16.2. The second-order valence-electron chi connectivity index (χ2n) is 5.46. The Morgan fingerprint density at radius 2 is 1.55 bits per heavy atom. The molecule has 1 aromatic carbocycles. The highest BCUT2D eigenvalue weighted by atomic mass is 16.5. The van der Waals surface area contributed by atoms with E-state index in [4.69, 9.17) is 9.47 Å². The minimum atomic E-state index is -1.50. The fourth-order valence-electron chi connectivity index (χ4n) is 2.66. The molecule has 2 rings (SSSR count). The molecule has 0 aliphatic heterocycles. The lowest BCUT2D eigenvalue weighted by Gasteiger charge is -2.27. The number of ether oxygens (including phenoxy) is 2. The third-order valence-corrected chi connectivity index (χ3v) is 4.21. The van der Waals surface area contributed by atoms with Crippen molar-refractivity contribution in [3.63, 3.8) is 0 Å². The number of esters is 2. The molecule has 0 radical (unpaired) electrons. The molecule has 118 valence electrons. The zero-order valence-corrected chi connectivity index (χ0v) is 13.0. The SMILES string of the molecule is CCC(C(=O)OC)(C(=O)OC)c1ccc(C(=O)C2CC2)cc1. The maximum absolute atomic E-state index is 12.2. The second kappa shape index (κ2) is 6.30. The van der Waals surface area contributed by atoms with Crippen molar-refractivity contribution in [3.05, 3.63) is 35.4 Å². The smallest absolute Gasteiger partial charge is 0.327 e. The summed E-state index contributed by atoms with van der Waals surface area (Å²) in [5, 5.41) is 0. The third kappa shape index (κ3) is 2.63. The molecule has 1 aliphatic carbocycles. The molecule has 0 unspecified atom stereocenters. The Hall–Kier alpha value is -2.17. The van der Waals surface area contributed by atoms with Crippen LogP contribution in [0.3, 0.4) is 0 Å². The number of Topliss-reactive ketones (excluding diaryl/α,β-unsaturated/α-hetero) is 1. The van der Waals surface area contributed by atoms with Crippen LogP contribution in [0.15, 0.2) is 24.3 Å². The van der Waals surface area contributed by atoms with Gasteiger partial charge in [-0.3, -0.25) is 14.4 Å². The third-order valence-electron chi connectivity index (χ3n) is 4.21. The predicted molar refractivity (Wildman–Crippen MR) is 79.5 cm³/mol. The zero-order valence-electron chi connectivity index (χ0n) is 13.0. The van der Waals surface area contributed by atoms with E-state index in [2.05, 4.69) is 0 Å². The van der Waals surface area contributed by atoms with Crippen LogP contribution >= 0.6 is 0 Å². The fourth-order valence-corrected chi connectivity index (χ4v) is 2.66. The van der Waals surface area contributed by atoms with E-state index in [1.807, 2.05) is 0 Å². The van der Waals surface area contributed by atoms with E-state index >= 15 is 0 Å². The van der Waals surface area contributed by atoms with Gasteiger partial charge in [0.1, 0.15) is 0 Å². The molecule has 0 amide bonds. The average molecular weight is 304 g/mol. The highest BCUT2D eigenvalue weighted by Gasteiger charge is 2.48. The van der Waals surface area contributed by atoms with E-state index in [9.17, 15) is 14.4 Å². The Morgan fingerprint density at radius 1 is 1.05 bits per heavy atom. The first-order valence-electron chi connectivity index (χ1n) is 7.32. The number of rotatable bonds is 6. The van der Waals surface area contributed by atoms with Crippen LogP contribution in [0.2, 0.25) is 0 Å². The first-order valence-corrected chi connectivity index (χ1v) is 7.32. The molecule has 1 aromatic rings. The van der Waals surface area contributed by atoms with E-state index in [0.717, 1.165) is 12.8 Å². The molecular formula is C17H20O5. The average Bonchev–Trinajstić information content (AvgIpc) is 3.40. The Balaban J connectivity index is 2.41. The van der Waals surface area contributed by atoms with Crippen molar-refractivity contribution in [2.24, 2.45) is 5.92 Å². The van der Waals surface area contributed by atoms with Gasteiger partial charge in [0.05, 0.1) is 14.2 Å². The molecule has 1 fully saturated rings. The summed E-state index contributed by atoms with van der Waals surface area (Å²) in [6.07, 6.45) is 2.08. The Morgan fingerprint density at radius 3 is 1.91 bits per heavy atom. The summed E-state index contributed by atoms with van der Waals surface area (Å²) < 4.78 is 9.61. The van der Waals surface area contributed by atoms with Crippen LogP contribution in [0.1, 0.15) is 42.1 Å². The van der Waals surface area contributed by atoms with Crippen LogP contribution < -0.4 is 0 Å². The van der Waals surface area contributed by atoms with Gasteiger partial charge in [0.2, 0.25) is 0 Å². The molecule has 5 heteroatoms. The molecule has 0 aromatic heterocycles. The topological polar surface area (TPSA) is 69.7 Å². The van der Waals surface area contributed by atoms with Gasteiger partial charge in [-0.05, 0) is 24.8 Å². The maximum Gasteiger partial charge on any atom is 0.327 e. The number of carbonyl (C=O) groups excluding carboxylic acids is 3. The molecule has 0 bridgehead atoms. The van der Waals surface area contributed by atoms with Gasteiger partial charge in [-0.25, -0.2) is 0 Å². The molecule has 0 saturated heterocycles. The quantitative estimate of drug-likeness (QED) is 0.458. The lowest BCUT2D eigenvalue weighted by molar-refractivity contribution is -0.162. The molecule has 1 aliphatic rings. The van der Waals surface area contributed by atoms with Crippen LogP contribution in [0.4, 0.5) is 0 Å². The van der Waals surface area contributed by atoms with Crippen molar-refractivity contribution in [1.29, 1.82) is 0 Å². The summed E-state index contributed by atoms with van der Waals surface area (Å²) in [4.78, 5) is 36.5. The van der Waals surface area contributed by atoms with E-state index < -0.39 is 17.4 Å². The van der Waals surface area contributed by atoms with E-state index in [1.54, 1.807) is 31.2 Å². The van der Waals surface area contributed by atoms with Crippen molar-refractivity contribution in [2.45, 2.75) is 31.6 Å². The molecule has 0 heterocycles. The molecule has 0 atom stereocenters. The van der Waals surface area contributed by atoms with Crippen LogP contribution in [0.25, 0.3) is 0 Å². The van der Waals surface area contributed by atoms with Gasteiger partial charge in [-0.1, -0.05) is 31.2 Å². The fraction of sp³-hybridized carbons (Fsp3) is 0.471. The lowest BCUT2D eigenvalue weighted by Crippen LogP contribution is -2.45. The van der Waals surface area contributed by atoms with Gasteiger partial charge in [-0.2, -0.15) is 0 Å². The summed E-state index contributed by atoms with van der Waals surface area (Å²) in [6.45, 7) is 1.72. The number of hydrogen-bond acceptors (Lipinski definition) is 5. The summed E-state index contributed by atoms with van der Waals surface area (Å²) in [5.41, 5.74) is -0.419. The van der Waals surface area contributed by atoms with Gasteiger partial charge < -0.3 is 9.47 Å². The normalized spacial score (nSPS) is 14.3.